The highest BCUT2D eigenvalue weighted by molar-refractivity contribution is 8.00. The van der Waals surface area contributed by atoms with Crippen molar-refractivity contribution in [2.45, 2.75) is 22.6 Å². The Morgan fingerprint density at radius 2 is 1.90 bits per heavy atom. The molecule has 164 valence electrons. The van der Waals surface area contributed by atoms with E-state index in [4.69, 9.17) is 11.6 Å². The van der Waals surface area contributed by atoms with Gasteiger partial charge in [-0.3, -0.25) is 9.59 Å². The molecule has 1 N–H and O–H groups in total. The van der Waals surface area contributed by atoms with Crippen LogP contribution in [0.1, 0.15) is 12.8 Å². The Labute approximate surface area is 188 Å². The highest BCUT2D eigenvalue weighted by Gasteiger charge is 2.31. The van der Waals surface area contributed by atoms with E-state index in [2.05, 4.69) is 5.32 Å². The fraction of sp³-hybridized carbons (Fsp3) is 0.300. The summed E-state index contributed by atoms with van der Waals surface area (Å²) in [5.41, 5.74) is 0.298. The lowest BCUT2D eigenvalue weighted by atomic mass is 10.2. The van der Waals surface area contributed by atoms with Crippen LogP contribution in [0.15, 0.2) is 46.2 Å². The van der Waals surface area contributed by atoms with E-state index in [1.54, 1.807) is 6.07 Å². The summed E-state index contributed by atoms with van der Waals surface area (Å²) in [5.74, 6) is -1.52. The third kappa shape index (κ3) is 4.57. The van der Waals surface area contributed by atoms with Crippen LogP contribution in [0.5, 0.6) is 0 Å². The molecule has 2 aliphatic heterocycles. The van der Waals surface area contributed by atoms with Gasteiger partial charge in [-0.1, -0.05) is 11.6 Å². The van der Waals surface area contributed by atoms with Gasteiger partial charge in [0.15, 0.2) is 0 Å². The lowest BCUT2D eigenvalue weighted by Gasteiger charge is -2.29. The Bertz CT molecular complexity index is 1150. The third-order valence-corrected chi connectivity index (χ3v) is 8.26. The molecule has 0 atom stereocenters. The van der Waals surface area contributed by atoms with Crippen LogP contribution in [-0.2, 0) is 19.6 Å². The highest BCUT2D eigenvalue weighted by atomic mass is 35.5. The third-order valence-electron chi connectivity index (χ3n) is 5.08. The number of anilines is 2. The van der Waals surface area contributed by atoms with E-state index >= 15 is 0 Å². The first-order valence-corrected chi connectivity index (χ1v) is 12.4. The van der Waals surface area contributed by atoms with Gasteiger partial charge in [0, 0.05) is 23.0 Å². The first kappa shape index (κ1) is 22.1. The zero-order valence-electron chi connectivity index (χ0n) is 16.3. The van der Waals surface area contributed by atoms with Crippen LogP contribution in [0.2, 0.25) is 5.02 Å². The van der Waals surface area contributed by atoms with E-state index in [9.17, 15) is 22.4 Å². The number of thioether (sulfide) groups is 1. The van der Waals surface area contributed by atoms with Crippen LogP contribution in [0.4, 0.5) is 15.8 Å². The number of benzene rings is 2. The molecule has 0 aliphatic carbocycles. The maximum absolute atomic E-state index is 14.0. The number of amides is 2. The molecule has 0 unspecified atom stereocenters. The number of halogens is 2. The fourth-order valence-corrected chi connectivity index (χ4v) is 6.13. The summed E-state index contributed by atoms with van der Waals surface area (Å²) < 4.78 is 41.2. The van der Waals surface area contributed by atoms with E-state index in [1.807, 2.05) is 0 Å². The number of rotatable bonds is 5. The number of carbonyl (C=O) groups is 2. The standard InChI is InChI=1S/C20H19ClFN3O4S2/c21-13-3-5-16(15(22)9-13)23-19(26)11-25-17-10-14(4-6-18(17)30-12-20(25)27)31(28,29)24-7-1-2-8-24/h3-6,9-10H,1-2,7-8,11-12H2,(H,23,26). The molecule has 0 radical (unpaired) electrons. The molecule has 2 aromatic rings. The number of nitrogens with one attached hydrogen (secondary N) is 1. The molecule has 2 heterocycles. The van der Waals surface area contributed by atoms with Crippen molar-refractivity contribution in [1.29, 1.82) is 0 Å². The van der Waals surface area contributed by atoms with Crippen LogP contribution in [0.3, 0.4) is 0 Å². The molecule has 2 aliphatic rings. The number of hydrogen-bond acceptors (Lipinski definition) is 5. The van der Waals surface area contributed by atoms with Crippen LogP contribution in [0, 0.1) is 5.82 Å². The molecule has 1 saturated heterocycles. The number of fused-ring (bicyclic) bond motifs is 1. The minimum absolute atomic E-state index is 0.0566. The van der Waals surface area contributed by atoms with Crippen LogP contribution < -0.4 is 10.2 Å². The number of carbonyl (C=O) groups excluding carboxylic acids is 2. The molecule has 0 aromatic heterocycles. The van der Waals surface area contributed by atoms with Crippen LogP contribution in [-0.4, -0.2) is 49.9 Å². The van der Waals surface area contributed by atoms with E-state index in [0.29, 0.717) is 23.7 Å². The predicted octanol–water partition coefficient (Wildman–Crippen LogP) is 3.34. The summed E-state index contributed by atoms with van der Waals surface area (Å²) in [6.07, 6.45) is 1.62. The highest BCUT2D eigenvalue weighted by Crippen LogP contribution is 2.37. The minimum Gasteiger partial charge on any atom is -0.322 e. The number of sulfonamides is 1. The molecule has 2 amide bonds. The second-order valence-corrected chi connectivity index (χ2v) is 10.6. The van der Waals surface area contributed by atoms with E-state index in [0.717, 1.165) is 18.9 Å². The normalized spacial score (nSPS) is 17.0. The van der Waals surface area contributed by atoms with E-state index < -0.39 is 21.7 Å². The largest absolute Gasteiger partial charge is 0.322 e. The van der Waals surface area contributed by atoms with Gasteiger partial charge in [0.25, 0.3) is 0 Å². The molecule has 0 spiro atoms. The minimum atomic E-state index is -3.68. The average Bonchev–Trinajstić information content (AvgIpc) is 3.28. The second-order valence-electron chi connectivity index (χ2n) is 7.18. The molecule has 4 rings (SSSR count). The zero-order valence-corrected chi connectivity index (χ0v) is 18.7. The Hall–Kier alpha value is -2.14. The summed E-state index contributed by atoms with van der Waals surface area (Å²) in [4.78, 5) is 27.1. The van der Waals surface area contributed by atoms with Gasteiger partial charge in [-0.15, -0.1) is 11.8 Å². The SMILES string of the molecule is O=C(CN1C(=O)CSc2ccc(S(=O)(=O)N3CCCC3)cc21)Nc1ccc(Cl)cc1F. The molecular weight excluding hydrogens is 465 g/mol. The van der Waals surface area contributed by atoms with Gasteiger partial charge in [-0.05, 0) is 49.2 Å². The van der Waals surface area contributed by atoms with Crippen molar-refractivity contribution in [1.82, 2.24) is 4.31 Å². The van der Waals surface area contributed by atoms with Crippen molar-refractivity contribution < 1.29 is 22.4 Å². The predicted molar refractivity (Wildman–Crippen MR) is 118 cm³/mol. The monoisotopic (exact) mass is 483 g/mol. The van der Waals surface area contributed by atoms with Gasteiger partial charge >= 0.3 is 0 Å². The van der Waals surface area contributed by atoms with Crippen molar-refractivity contribution in [3.05, 3.63) is 47.2 Å². The number of nitrogens with zero attached hydrogens (tertiary/aromatic N) is 2. The maximum Gasteiger partial charge on any atom is 0.244 e. The van der Waals surface area contributed by atoms with Crippen molar-refractivity contribution in [2.24, 2.45) is 0 Å². The van der Waals surface area contributed by atoms with Crippen molar-refractivity contribution in [3.8, 4) is 0 Å². The Kier molecular flexibility index (Phi) is 6.25. The second kappa shape index (κ2) is 8.78. The van der Waals surface area contributed by atoms with Crippen LogP contribution >= 0.6 is 23.4 Å². The van der Waals surface area contributed by atoms with E-state index in [-0.39, 0.29) is 33.8 Å². The summed E-state index contributed by atoms with van der Waals surface area (Å²) in [7, 11) is -3.68. The maximum atomic E-state index is 14.0. The summed E-state index contributed by atoms with van der Waals surface area (Å²) in [6.45, 7) is 0.555. The van der Waals surface area contributed by atoms with Gasteiger partial charge in [-0.25, -0.2) is 12.8 Å². The van der Waals surface area contributed by atoms with Gasteiger partial charge in [-0.2, -0.15) is 4.31 Å². The zero-order chi connectivity index (χ0) is 22.2. The van der Waals surface area contributed by atoms with E-state index in [1.165, 1.54) is 45.2 Å². The quantitative estimate of drug-likeness (QED) is 0.704. The van der Waals surface area contributed by atoms with Gasteiger partial charge < -0.3 is 10.2 Å². The summed E-state index contributed by atoms with van der Waals surface area (Å²) in [5, 5.41) is 2.62. The summed E-state index contributed by atoms with van der Waals surface area (Å²) >= 11 is 7.00. The molecule has 0 saturated carbocycles. The first-order valence-electron chi connectivity index (χ1n) is 9.58. The smallest absolute Gasteiger partial charge is 0.244 e. The first-order chi connectivity index (χ1) is 14.8. The molecule has 7 nitrogen and oxygen atoms in total. The number of hydrogen-bond donors (Lipinski definition) is 1. The van der Waals surface area contributed by atoms with Crippen molar-refractivity contribution in [2.75, 3.05) is 35.6 Å². The Balaban J connectivity index is 1.59. The molecule has 1 fully saturated rings. The lowest BCUT2D eigenvalue weighted by molar-refractivity contribution is -0.120. The molecular formula is C20H19ClFN3O4S2. The molecule has 0 bridgehead atoms. The summed E-state index contributed by atoms with van der Waals surface area (Å²) in [6, 6.07) is 8.45. The Morgan fingerprint density at radius 1 is 1.16 bits per heavy atom. The fourth-order valence-electron chi connectivity index (χ4n) is 3.52. The Morgan fingerprint density at radius 3 is 2.61 bits per heavy atom. The van der Waals surface area contributed by atoms with Crippen LogP contribution in [0.25, 0.3) is 0 Å². The van der Waals surface area contributed by atoms with Gasteiger partial charge in [0.1, 0.15) is 12.4 Å². The molecule has 11 heteroatoms. The lowest BCUT2D eigenvalue weighted by Crippen LogP contribution is -2.41. The van der Waals surface area contributed by atoms with Crippen molar-refractivity contribution >= 4 is 56.6 Å². The van der Waals surface area contributed by atoms with Crippen molar-refractivity contribution in [3.63, 3.8) is 0 Å². The molecule has 31 heavy (non-hydrogen) atoms. The van der Waals surface area contributed by atoms with Gasteiger partial charge in [0.05, 0.1) is 22.0 Å². The van der Waals surface area contributed by atoms with Gasteiger partial charge in [0.2, 0.25) is 21.8 Å². The molecule has 2 aromatic carbocycles. The topological polar surface area (TPSA) is 86.8 Å². The average molecular weight is 484 g/mol.